The Morgan fingerprint density at radius 3 is 2.47 bits per heavy atom. The van der Waals surface area contributed by atoms with Gasteiger partial charge in [-0.15, -0.1) is 0 Å². The van der Waals surface area contributed by atoms with Gasteiger partial charge in [0.05, 0.1) is 5.75 Å². The zero-order valence-electron chi connectivity index (χ0n) is 9.52. The molecular formula is C11H14ClIO3S. The smallest absolute Gasteiger partial charge is 0.225 e. The van der Waals surface area contributed by atoms with Gasteiger partial charge in [-0.25, -0.2) is 8.42 Å². The molecule has 0 aliphatic rings. The number of halogens is 2. The third-order valence-electron chi connectivity index (χ3n) is 2.60. The molecule has 6 heteroatoms. The fourth-order valence-corrected chi connectivity index (χ4v) is 4.00. The van der Waals surface area contributed by atoms with E-state index in [-0.39, 0.29) is 5.75 Å². The van der Waals surface area contributed by atoms with E-state index in [2.05, 4.69) is 0 Å². The molecule has 0 saturated heterocycles. The molecule has 0 bridgehead atoms. The summed E-state index contributed by atoms with van der Waals surface area (Å²) in [5.41, 5.74) is 1.35. The molecule has 0 amide bonds. The highest BCUT2D eigenvalue weighted by Crippen LogP contribution is 2.44. The van der Waals surface area contributed by atoms with Crippen molar-refractivity contribution in [2.24, 2.45) is 0 Å². The second-order valence-electron chi connectivity index (χ2n) is 3.72. The monoisotopic (exact) mass is 388 g/mol. The fourth-order valence-electron chi connectivity index (χ4n) is 1.44. The molecule has 1 N–H and O–H groups in total. The summed E-state index contributed by atoms with van der Waals surface area (Å²) in [5, 5.41) is 10.2. The van der Waals surface area contributed by atoms with E-state index < -0.39 is 18.2 Å². The first-order valence-electron chi connectivity index (χ1n) is 5.07. The minimum absolute atomic E-state index is 0.109. The molecular weight excluding hydrogens is 375 g/mol. The van der Waals surface area contributed by atoms with Gasteiger partial charge in [0.25, 0.3) is 0 Å². The molecule has 2 atom stereocenters. The van der Waals surface area contributed by atoms with Crippen LogP contribution in [-0.4, -0.2) is 21.5 Å². The lowest BCUT2D eigenvalue weighted by Gasteiger charge is -2.26. The lowest BCUT2D eigenvalue weighted by Crippen LogP contribution is -2.34. The zero-order valence-corrected chi connectivity index (χ0v) is 13.3. The molecule has 0 saturated carbocycles. The third-order valence-corrected chi connectivity index (χ3v) is 7.92. The lowest BCUT2D eigenvalue weighted by molar-refractivity contribution is 0.187. The van der Waals surface area contributed by atoms with E-state index in [0.717, 1.165) is 5.56 Å². The Hall–Kier alpha value is 0.150. The third kappa shape index (κ3) is 2.94. The first kappa shape index (κ1) is 15.2. The van der Waals surface area contributed by atoms with Crippen molar-refractivity contribution in [3.63, 3.8) is 0 Å². The summed E-state index contributed by atoms with van der Waals surface area (Å²) in [6.45, 7) is 3.32. The van der Waals surface area contributed by atoms with Crippen molar-refractivity contribution < 1.29 is 13.5 Å². The average Bonchev–Trinajstić information content (AvgIpc) is 2.28. The maximum atomic E-state index is 11.8. The SMILES string of the molecule is CCS(=O)(=O)[C@@](Cl)(I)[C@@H](O)c1ccccc1C. The first-order chi connectivity index (χ1) is 7.74. The van der Waals surface area contributed by atoms with E-state index >= 15 is 0 Å². The van der Waals surface area contributed by atoms with Crippen LogP contribution in [0.2, 0.25) is 0 Å². The van der Waals surface area contributed by atoms with Gasteiger partial charge >= 0.3 is 0 Å². The number of alkyl halides is 2. The van der Waals surface area contributed by atoms with Crippen LogP contribution in [-0.2, 0) is 9.84 Å². The molecule has 0 spiro atoms. The van der Waals surface area contributed by atoms with Crippen LogP contribution >= 0.6 is 34.2 Å². The molecule has 0 aromatic heterocycles. The van der Waals surface area contributed by atoms with Gasteiger partial charge < -0.3 is 5.11 Å². The molecule has 3 nitrogen and oxygen atoms in total. The Bertz CT molecular complexity index is 499. The predicted molar refractivity (Wildman–Crippen MR) is 78.2 cm³/mol. The Labute approximate surface area is 120 Å². The Morgan fingerprint density at radius 2 is 2.00 bits per heavy atom. The van der Waals surface area contributed by atoms with Crippen LogP contribution in [0.1, 0.15) is 24.2 Å². The van der Waals surface area contributed by atoms with Gasteiger partial charge in [0.2, 0.25) is 2.21 Å². The van der Waals surface area contributed by atoms with E-state index in [1.54, 1.807) is 47.7 Å². The normalized spacial score (nSPS) is 17.5. The summed E-state index contributed by atoms with van der Waals surface area (Å²) in [7, 11) is -3.56. The highest BCUT2D eigenvalue weighted by atomic mass is 127. The molecule has 0 heterocycles. The van der Waals surface area contributed by atoms with Gasteiger partial charge in [0.15, 0.2) is 9.84 Å². The van der Waals surface area contributed by atoms with Crippen LogP contribution in [0, 0.1) is 6.92 Å². The highest BCUT2D eigenvalue weighted by Gasteiger charge is 2.46. The maximum Gasteiger partial charge on any atom is 0.225 e. The minimum Gasteiger partial charge on any atom is -0.385 e. The summed E-state index contributed by atoms with van der Waals surface area (Å²) in [5.74, 6) is -0.109. The van der Waals surface area contributed by atoms with Crippen molar-refractivity contribution in [3.8, 4) is 0 Å². The van der Waals surface area contributed by atoms with E-state index in [1.165, 1.54) is 6.92 Å². The van der Waals surface area contributed by atoms with Crippen LogP contribution in [0.3, 0.4) is 0 Å². The minimum atomic E-state index is -3.56. The van der Waals surface area contributed by atoms with Gasteiger partial charge in [-0.05, 0) is 40.6 Å². The van der Waals surface area contributed by atoms with Crippen molar-refractivity contribution in [3.05, 3.63) is 35.4 Å². The van der Waals surface area contributed by atoms with Crippen LogP contribution in [0.15, 0.2) is 24.3 Å². The summed E-state index contributed by atoms with van der Waals surface area (Å²) in [4.78, 5) is 0. The van der Waals surface area contributed by atoms with E-state index in [1.807, 2.05) is 6.07 Å². The topological polar surface area (TPSA) is 54.4 Å². The largest absolute Gasteiger partial charge is 0.385 e. The van der Waals surface area contributed by atoms with Crippen molar-refractivity contribution in [1.29, 1.82) is 0 Å². The van der Waals surface area contributed by atoms with Crippen LogP contribution in [0.4, 0.5) is 0 Å². The molecule has 1 rings (SSSR count). The van der Waals surface area contributed by atoms with Crippen LogP contribution in [0.25, 0.3) is 0 Å². The number of hydrogen-bond acceptors (Lipinski definition) is 3. The van der Waals surface area contributed by atoms with Crippen molar-refractivity contribution >= 4 is 44.0 Å². The Balaban J connectivity index is 3.23. The molecule has 96 valence electrons. The maximum absolute atomic E-state index is 11.8. The molecule has 0 aliphatic carbocycles. The predicted octanol–water partition coefficient (Wildman–Crippen LogP) is 2.79. The van der Waals surface area contributed by atoms with Gasteiger partial charge in [0, 0.05) is 0 Å². The van der Waals surface area contributed by atoms with Gasteiger partial charge in [-0.3, -0.25) is 0 Å². The van der Waals surface area contributed by atoms with Crippen LogP contribution < -0.4 is 0 Å². The quantitative estimate of drug-likeness (QED) is 0.637. The molecule has 1 aromatic carbocycles. The highest BCUT2D eigenvalue weighted by molar-refractivity contribution is 14.1. The Kier molecular flexibility index (Phi) is 4.85. The zero-order chi connectivity index (χ0) is 13.3. The van der Waals surface area contributed by atoms with Gasteiger partial charge in [0.1, 0.15) is 6.10 Å². The molecule has 1 aromatic rings. The number of sulfone groups is 1. The summed E-state index contributed by atoms with van der Waals surface area (Å²) in [6.07, 6.45) is -1.25. The number of aliphatic hydroxyl groups excluding tert-OH is 1. The summed E-state index contributed by atoms with van der Waals surface area (Å²) < 4.78 is 22.0. The molecule has 0 radical (unpaired) electrons. The second kappa shape index (κ2) is 5.42. The summed E-state index contributed by atoms with van der Waals surface area (Å²) >= 11 is 7.63. The van der Waals surface area contributed by atoms with Gasteiger partial charge in [-0.1, -0.05) is 42.8 Å². The Morgan fingerprint density at radius 1 is 1.47 bits per heavy atom. The first-order valence-corrected chi connectivity index (χ1v) is 8.18. The molecule has 0 aliphatic heterocycles. The second-order valence-corrected chi connectivity index (χ2v) is 10.1. The fraction of sp³-hybridized carbons (Fsp3) is 0.455. The van der Waals surface area contributed by atoms with E-state index in [0.29, 0.717) is 5.56 Å². The van der Waals surface area contributed by atoms with Crippen molar-refractivity contribution in [2.45, 2.75) is 22.2 Å². The van der Waals surface area contributed by atoms with Crippen molar-refractivity contribution in [2.75, 3.05) is 5.75 Å². The molecule has 0 fully saturated rings. The number of benzene rings is 1. The molecule has 0 unspecified atom stereocenters. The number of aliphatic hydroxyl groups is 1. The van der Waals surface area contributed by atoms with E-state index in [4.69, 9.17) is 11.6 Å². The number of aryl methyl sites for hydroxylation is 1. The summed E-state index contributed by atoms with van der Waals surface area (Å²) in [6, 6.07) is 7.05. The van der Waals surface area contributed by atoms with Crippen LogP contribution in [0.5, 0.6) is 0 Å². The number of hydrogen-bond donors (Lipinski definition) is 1. The standard InChI is InChI=1S/C11H14ClIO3S/c1-3-17(15,16)11(12,13)10(14)9-7-5-4-6-8(9)2/h4-7,10,14H,3H2,1-2H3/t10-,11-/m0/s1. The van der Waals surface area contributed by atoms with Gasteiger partial charge in [-0.2, -0.15) is 0 Å². The lowest BCUT2D eigenvalue weighted by atomic mass is 10.0. The number of rotatable bonds is 4. The average molecular weight is 389 g/mol. The van der Waals surface area contributed by atoms with E-state index in [9.17, 15) is 13.5 Å². The molecule has 17 heavy (non-hydrogen) atoms. The van der Waals surface area contributed by atoms with Crippen molar-refractivity contribution in [1.82, 2.24) is 0 Å².